The van der Waals surface area contributed by atoms with Gasteiger partial charge in [0, 0.05) is 29.9 Å². The maximum atomic E-state index is 12.2. The standard InChI is InChI=1S/C12H16N4O2S2/c1-8-7-19-12(15-8)16-20(17,18)11-4-10(14-6-11)5-13-9-2-3-9/h4,6-7,9,13-14H,2-3,5H2,1H3,(H,15,16). The Morgan fingerprint density at radius 1 is 1.50 bits per heavy atom. The molecular formula is C12H16N4O2S2. The van der Waals surface area contributed by atoms with Crippen LogP contribution in [0.4, 0.5) is 5.13 Å². The van der Waals surface area contributed by atoms with Crippen LogP contribution in [0.3, 0.4) is 0 Å². The van der Waals surface area contributed by atoms with E-state index in [-0.39, 0.29) is 4.90 Å². The summed E-state index contributed by atoms with van der Waals surface area (Å²) in [5.74, 6) is 0. The molecule has 3 rings (SSSR count). The van der Waals surface area contributed by atoms with Gasteiger partial charge in [0.2, 0.25) is 0 Å². The van der Waals surface area contributed by atoms with Crippen molar-refractivity contribution in [1.82, 2.24) is 15.3 Å². The molecule has 2 aromatic rings. The first kappa shape index (κ1) is 13.6. The normalized spacial score (nSPS) is 15.4. The molecule has 0 aliphatic heterocycles. The molecule has 0 unspecified atom stereocenters. The molecule has 0 saturated heterocycles. The van der Waals surface area contributed by atoms with Crippen molar-refractivity contribution in [3.05, 3.63) is 29.0 Å². The lowest BCUT2D eigenvalue weighted by Gasteiger charge is -2.02. The minimum absolute atomic E-state index is 0.234. The number of hydrogen-bond donors (Lipinski definition) is 3. The summed E-state index contributed by atoms with van der Waals surface area (Å²) in [5.41, 5.74) is 1.67. The fourth-order valence-corrected chi connectivity index (χ4v) is 3.75. The topological polar surface area (TPSA) is 86.9 Å². The van der Waals surface area contributed by atoms with Crippen LogP contribution in [-0.4, -0.2) is 24.4 Å². The summed E-state index contributed by atoms with van der Waals surface area (Å²) < 4.78 is 26.9. The second-order valence-corrected chi connectivity index (χ2v) is 7.46. The fraction of sp³-hybridized carbons (Fsp3) is 0.417. The lowest BCUT2D eigenvalue weighted by Crippen LogP contribution is -2.15. The van der Waals surface area contributed by atoms with Crippen LogP contribution in [0.5, 0.6) is 0 Å². The Bertz CT molecular complexity index is 701. The SMILES string of the molecule is Cc1csc(NS(=O)(=O)c2c[nH]c(CNC3CC3)c2)n1. The number of aryl methyl sites for hydroxylation is 1. The molecule has 3 N–H and O–H groups in total. The molecular weight excluding hydrogens is 296 g/mol. The highest BCUT2D eigenvalue weighted by Gasteiger charge is 2.21. The van der Waals surface area contributed by atoms with Crippen molar-refractivity contribution < 1.29 is 8.42 Å². The summed E-state index contributed by atoms with van der Waals surface area (Å²) in [5, 5.41) is 5.53. The van der Waals surface area contributed by atoms with Crippen LogP contribution in [0.2, 0.25) is 0 Å². The van der Waals surface area contributed by atoms with Crippen molar-refractivity contribution in [2.75, 3.05) is 4.72 Å². The van der Waals surface area contributed by atoms with Crippen molar-refractivity contribution in [3.8, 4) is 0 Å². The third-order valence-corrected chi connectivity index (χ3v) is 5.35. The molecule has 0 bridgehead atoms. The number of H-pyrrole nitrogens is 1. The van der Waals surface area contributed by atoms with E-state index < -0.39 is 10.0 Å². The zero-order chi connectivity index (χ0) is 14.2. The van der Waals surface area contributed by atoms with E-state index in [0.29, 0.717) is 17.7 Å². The molecule has 1 aliphatic carbocycles. The Kier molecular flexibility index (Phi) is 3.53. The molecule has 108 valence electrons. The van der Waals surface area contributed by atoms with Gasteiger partial charge in [-0.15, -0.1) is 11.3 Å². The number of aromatic nitrogens is 2. The zero-order valence-electron chi connectivity index (χ0n) is 11.0. The summed E-state index contributed by atoms with van der Waals surface area (Å²) in [6.45, 7) is 2.49. The van der Waals surface area contributed by atoms with Gasteiger partial charge in [-0.1, -0.05) is 0 Å². The number of nitrogens with one attached hydrogen (secondary N) is 3. The van der Waals surface area contributed by atoms with Crippen LogP contribution >= 0.6 is 11.3 Å². The van der Waals surface area contributed by atoms with Gasteiger partial charge < -0.3 is 10.3 Å². The molecule has 8 heteroatoms. The average molecular weight is 312 g/mol. The third-order valence-electron chi connectivity index (χ3n) is 3.03. The van der Waals surface area contributed by atoms with Gasteiger partial charge in [0.1, 0.15) is 4.90 Å². The number of nitrogens with zero attached hydrogens (tertiary/aromatic N) is 1. The zero-order valence-corrected chi connectivity index (χ0v) is 12.6. The first-order valence-corrected chi connectivity index (χ1v) is 8.75. The van der Waals surface area contributed by atoms with Gasteiger partial charge in [-0.25, -0.2) is 13.4 Å². The molecule has 6 nitrogen and oxygen atoms in total. The molecule has 0 radical (unpaired) electrons. The first-order chi connectivity index (χ1) is 9.53. The van der Waals surface area contributed by atoms with E-state index in [9.17, 15) is 8.42 Å². The molecule has 2 heterocycles. The second-order valence-electron chi connectivity index (χ2n) is 4.92. The van der Waals surface area contributed by atoms with E-state index >= 15 is 0 Å². The minimum atomic E-state index is -3.56. The molecule has 0 amide bonds. The van der Waals surface area contributed by atoms with Crippen LogP contribution in [0.1, 0.15) is 24.2 Å². The molecule has 1 saturated carbocycles. The van der Waals surface area contributed by atoms with Crippen molar-refractivity contribution in [3.63, 3.8) is 0 Å². The highest BCUT2D eigenvalue weighted by atomic mass is 32.2. The number of thiazole rings is 1. The van der Waals surface area contributed by atoms with E-state index in [1.54, 1.807) is 11.4 Å². The summed E-state index contributed by atoms with van der Waals surface area (Å²) in [6.07, 6.45) is 3.92. The summed E-state index contributed by atoms with van der Waals surface area (Å²) in [6, 6.07) is 2.24. The minimum Gasteiger partial charge on any atom is -0.363 e. The highest BCUT2D eigenvalue weighted by Crippen LogP contribution is 2.21. The van der Waals surface area contributed by atoms with Gasteiger partial charge in [0.15, 0.2) is 5.13 Å². The van der Waals surface area contributed by atoms with Crippen molar-refractivity contribution in [2.45, 2.75) is 37.2 Å². The van der Waals surface area contributed by atoms with Crippen molar-refractivity contribution in [1.29, 1.82) is 0 Å². The van der Waals surface area contributed by atoms with Crippen LogP contribution in [0.25, 0.3) is 0 Å². The van der Waals surface area contributed by atoms with E-state index in [0.717, 1.165) is 11.4 Å². The second kappa shape index (κ2) is 5.19. The molecule has 1 aliphatic rings. The summed E-state index contributed by atoms with van der Waals surface area (Å²) >= 11 is 1.28. The number of rotatable bonds is 6. The molecule has 0 atom stereocenters. The number of anilines is 1. The van der Waals surface area contributed by atoms with Crippen LogP contribution < -0.4 is 10.0 Å². The maximum Gasteiger partial charge on any atom is 0.265 e. The van der Waals surface area contributed by atoms with Gasteiger partial charge in [0.05, 0.1) is 5.69 Å². The van der Waals surface area contributed by atoms with E-state index in [1.807, 2.05) is 6.92 Å². The third kappa shape index (κ3) is 3.20. The van der Waals surface area contributed by atoms with Gasteiger partial charge in [-0.2, -0.15) is 0 Å². The molecule has 20 heavy (non-hydrogen) atoms. The van der Waals surface area contributed by atoms with Crippen molar-refractivity contribution in [2.24, 2.45) is 0 Å². The molecule has 2 aromatic heterocycles. The van der Waals surface area contributed by atoms with E-state index in [2.05, 4.69) is 20.0 Å². The Morgan fingerprint density at radius 2 is 2.30 bits per heavy atom. The van der Waals surface area contributed by atoms with Crippen LogP contribution in [0, 0.1) is 6.92 Å². The predicted octanol–water partition coefficient (Wildman–Crippen LogP) is 1.83. The van der Waals surface area contributed by atoms with Gasteiger partial charge in [-0.05, 0) is 25.8 Å². The lowest BCUT2D eigenvalue weighted by atomic mass is 10.4. The lowest BCUT2D eigenvalue weighted by molar-refractivity contribution is 0.601. The highest BCUT2D eigenvalue weighted by molar-refractivity contribution is 7.93. The molecule has 1 fully saturated rings. The van der Waals surface area contributed by atoms with Crippen LogP contribution in [-0.2, 0) is 16.6 Å². The molecule has 0 aromatic carbocycles. The fourth-order valence-electron chi connectivity index (χ4n) is 1.79. The van der Waals surface area contributed by atoms with Crippen LogP contribution in [0.15, 0.2) is 22.5 Å². The van der Waals surface area contributed by atoms with Gasteiger partial charge in [-0.3, -0.25) is 4.72 Å². The van der Waals surface area contributed by atoms with Gasteiger partial charge >= 0.3 is 0 Å². The quantitative estimate of drug-likeness (QED) is 0.759. The predicted molar refractivity (Wildman–Crippen MR) is 78.3 cm³/mol. The van der Waals surface area contributed by atoms with E-state index in [4.69, 9.17) is 0 Å². The smallest absolute Gasteiger partial charge is 0.265 e. The van der Waals surface area contributed by atoms with Gasteiger partial charge in [0.25, 0.3) is 10.0 Å². The van der Waals surface area contributed by atoms with E-state index in [1.165, 1.54) is 30.4 Å². The maximum absolute atomic E-state index is 12.2. The Labute approximate surface area is 121 Å². The largest absolute Gasteiger partial charge is 0.363 e. The summed E-state index contributed by atoms with van der Waals surface area (Å²) in [4.78, 5) is 7.32. The molecule has 0 spiro atoms. The number of sulfonamides is 1. The Balaban J connectivity index is 1.69. The number of aromatic amines is 1. The summed E-state index contributed by atoms with van der Waals surface area (Å²) in [7, 11) is -3.56. The number of hydrogen-bond acceptors (Lipinski definition) is 5. The Hall–Kier alpha value is -1.38. The average Bonchev–Trinajstić information content (AvgIpc) is 2.93. The Morgan fingerprint density at radius 3 is 2.95 bits per heavy atom. The monoisotopic (exact) mass is 312 g/mol. The first-order valence-electron chi connectivity index (χ1n) is 6.38. The van der Waals surface area contributed by atoms with Crippen molar-refractivity contribution >= 4 is 26.5 Å².